The van der Waals surface area contributed by atoms with Gasteiger partial charge in [0.05, 0.1) is 54.8 Å². The van der Waals surface area contributed by atoms with E-state index in [-0.39, 0.29) is 33.9 Å². The van der Waals surface area contributed by atoms with E-state index in [9.17, 15) is 48.9 Å². The van der Waals surface area contributed by atoms with Crippen molar-refractivity contribution in [2.45, 2.75) is 167 Å². The van der Waals surface area contributed by atoms with Gasteiger partial charge in [-0.25, -0.2) is 4.98 Å². The van der Waals surface area contributed by atoms with Crippen LogP contribution in [-0.4, -0.2) is 108 Å². The van der Waals surface area contributed by atoms with Crippen LogP contribution in [0.25, 0.3) is 32.8 Å². The molecule has 23 nitrogen and oxygen atoms in total. The highest BCUT2D eigenvalue weighted by molar-refractivity contribution is 6.31. The predicted octanol–water partition coefficient (Wildman–Crippen LogP) is 9.08. The second-order valence-electron chi connectivity index (χ2n) is 24.5. The Morgan fingerprint density at radius 2 is 1.02 bits per heavy atom. The smallest absolute Gasteiger partial charge is 0.275 e. The Kier molecular flexibility index (Phi) is 19.1. The van der Waals surface area contributed by atoms with Gasteiger partial charge in [0.25, 0.3) is 34.0 Å². The molecule has 0 radical (unpaired) electrons. The van der Waals surface area contributed by atoms with Crippen LogP contribution in [0.15, 0.2) is 100 Å². The summed E-state index contributed by atoms with van der Waals surface area (Å²) in [6, 6.07) is 16.4. The minimum atomic E-state index is -0.807. The molecule has 0 bridgehead atoms. The molecule has 4 aliphatic carbocycles. The molecule has 7 aromatic heterocycles. The summed E-state index contributed by atoms with van der Waals surface area (Å²) >= 11 is 6.20. The third kappa shape index (κ3) is 12.3. The van der Waals surface area contributed by atoms with Crippen LogP contribution >= 0.6 is 11.6 Å². The van der Waals surface area contributed by atoms with Gasteiger partial charge in [0.1, 0.15) is 5.65 Å². The molecule has 0 atom stereocenters. The lowest BCUT2D eigenvalue weighted by molar-refractivity contribution is 0.0944. The van der Waals surface area contributed by atoms with E-state index in [1.54, 1.807) is 17.8 Å². The van der Waals surface area contributed by atoms with E-state index in [1.165, 1.54) is 77.7 Å². The van der Waals surface area contributed by atoms with Gasteiger partial charge in [-0.05, 0) is 126 Å². The summed E-state index contributed by atoms with van der Waals surface area (Å²) in [5.74, 6) is -3.35. The first-order chi connectivity index (χ1) is 44.1. The number of carbonyl (C=O) groups excluding carboxylic acids is 4. The zero-order valence-electron chi connectivity index (χ0n) is 53.4. The molecule has 0 unspecified atom stereocenters. The summed E-state index contributed by atoms with van der Waals surface area (Å²) in [6.07, 6.45) is 24.9. The Morgan fingerprint density at radius 3 is 1.51 bits per heavy atom. The number of nitrogens with zero attached hydrogens (tertiary/aromatic N) is 10. The molecule has 0 spiro atoms. The predicted molar refractivity (Wildman–Crippen MR) is 351 cm³/mol. The van der Waals surface area contributed by atoms with Crippen LogP contribution in [0.3, 0.4) is 0 Å². The Balaban J connectivity index is 0.000000149. The van der Waals surface area contributed by atoms with Crippen molar-refractivity contribution in [1.29, 1.82) is 0 Å². The number of fused-ring (bicyclic) bond motifs is 5. The average Bonchev–Trinajstić information content (AvgIpc) is 1.58. The number of aromatic hydroxyl groups is 3. The van der Waals surface area contributed by atoms with E-state index in [0.717, 1.165) is 123 Å². The quantitative estimate of drug-likeness (QED) is 0.0587. The number of hydrogen-bond acceptors (Lipinski definition) is 14. The first-order valence-corrected chi connectivity index (χ1v) is 32.0. The van der Waals surface area contributed by atoms with Crippen molar-refractivity contribution in [3.63, 3.8) is 0 Å². The van der Waals surface area contributed by atoms with Crippen LogP contribution in [0.4, 0.5) is 0 Å². The number of para-hydroxylation sites is 1. The molecule has 13 rings (SSSR count). The Labute approximate surface area is 536 Å². The average molecular weight is 1270 g/mol. The molecule has 4 aliphatic rings. The summed E-state index contributed by atoms with van der Waals surface area (Å²) in [5, 5.41) is 54.3. The molecule has 3 fully saturated rings. The van der Waals surface area contributed by atoms with Gasteiger partial charge in [-0.2, -0.15) is 15.3 Å². The third-order valence-electron chi connectivity index (χ3n) is 18.7. The fraction of sp³-hybridized carbons (Fsp3) is 0.426. The third-order valence-corrected chi connectivity index (χ3v) is 18.9. The molecular formula is C68H80ClN13O10. The second kappa shape index (κ2) is 26.8. The zero-order chi connectivity index (χ0) is 66.0. The van der Waals surface area contributed by atoms with Crippen LogP contribution in [-0.2, 0) is 49.1 Å². The van der Waals surface area contributed by atoms with Gasteiger partial charge in [-0.15, -0.1) is 0 Å². The lowest BCUT2D eigenvalue weighted by atomic mass is 9.96. The summed E-state index contributed by atoms with van der Waals surface area (Å²) in [5.41, 5.74) is 4.48. The summed E-state index contributed by atoms with van der Waals surface area (Å²) in [7, 11) is 4.28. The fourth-order valence-corrected chi connectivity index (χ4v) is 14.7. The van der Waals surface area contributed by atoms with Crippen molar-refractivity contribution >= 4 is 67.9 Å². The van der Waals surface area contributed by atoms with Gasteiger partial charge in [0.15, 0.2) is 40.1 Å². The molecule has 6 N–H and O–H groups in total. The van der Waals surface area contributed by atoms with Crippen molar-refractivity contribution in [2.24, 2.45) is 0 Å². The highest BCUT2D eigenvalue weighted by Gasteiger charge is 2.42. The topological polar surface area (TPSA) is 297 Å². The number of aryl methyl sites for hydroxylation is 3. The van der Waals surface area contributed by atoms with Gasteiger partial charge in [-0.3, -0.25) is 47.6 Å². The van der Waals surface area contributed by atoms with Crippen LogP contribution in [0.1, 0.15) is 168 Å². The van der Waals surface area contributed by atoms with E-state index in [2.05, 4.69) is 82.8 Å². The van der Waals surface area contributed by atoms with Crippen molar-refractivity contribution in [3.05, 3.63) is 166 Å². The standard InChI is InChI=1S/C23H26N4O3.C22H25N5O4.C21H23ClN4O3.C2H6/c1-24-22(30)20-21(29)19(28)13-26(25-20)14-23(11-4-5-12-23)27-17-9-3-2-7-15(17)16-8-6-10-18(16)27;1-13-8-15-16(14(2)28)10-27(20(15)24-9-13)22(6-4-5-7-22)12-26-11-17(29)19(30)18(25-26)21(31)23-3;1-13-10-26(16-6-5-14(22)9-15(13)16)21(7-3-4-8-21)12-25-11-17(27)19(28)18(24-25)20(29)23-2;1-2/h2-3,7,9,13,28H,4-6,8,10-12,14H2,1H3,(H,24,30);8-11,29H,4-7,12H2,1-3H3,(H,23,31);5-6,9-11,27H,3-4,7-8,12H2,1-2H3,(H,23,29);1-2H3. The Morgan fingerprint density at radius 1 is 0.554 bits per heavy atom. The minimum absolute atomic E-state index is 0.0367. The van der Waals surface area contributed by atoms with Crippen molar-refractivity contribution in [1.82, 2.24) is 64.0 Å². The van der Waals surface area contributed by atoms with E-state index in [1.807, 2.05) is 55.8 Å². The van der Waals surface area contributed by atoms with Gasteiger partial charge >= 0.3 is 0 Å². The number of hydrogen-bond donors (Lipinski definition) is 6. The van der Waals surface area contributed by atoms with E-state index in [0.29, 0.717) is 30.2 Å². The van der Waals surface area contributed by atoms with E-state index >= 15 is 0 Å². The lowest BCUT2D eigenvalue weighted by Gasteiger charge is -2.34. The number of benzene rings is 2. The van der Waals surface area contributed by atoms with E-state index in [4.69, 9.17) is 11.6 Å². The molecule has 0 aliphatic heterocycles. The molecule has 9 aromatic rings. The number of carbonyl (C=O) groups is 4. The molecule has 92 heavy (non-hydrogen) atoms. The molecule has 3 saturated carbocycles. The largest absolute Gasteiger partial charge is 0.503 e. The molecule has 0 saturated heterocycles. The minimum Gasteiger partial charge on any atom is -0.503 e. The van der Waals surface area contributed by atoms with Crippen LogP contribution in [0, 0.1) is 13.8 Å². The number of ketones is 1. The van der Waals surface area contributed by atoms with Crippen molar-refractivity contribution in [3.8, 4) is 17.2 Å². The SMILES string of the molecule is CC.CNC(=O)c1nn(CC2(n3c4c(c5ccccc53)CCC4)CCCC2)cc(O)c1=O.CNC(=O)c1nn(CC2(n3cc(C(C)=O)c4cc(C)cnc43)CCCC2)cc(O)c1=O.CNC(=O)c1nn(CC2(n3cc(C)c4cc(Cl)ccc43)CCCC2)cc(O)c1=O. The van der Waals surface area contributed by atoms with Gasteiger partial charge in [-0.1, -0.05) is 82.2 Å². The van der Waals surface area contributed by atoms with E-state index < -0.39 is 56.8 Å². The van der Waals surface area contributed by atoms with Gasteiger partial charge in [0.2, 0.25) is 0 Å². The zero-order valence-corrected chi connectivity index (χ0v) is 54.1. The molecule has 24 heteroatoms. The van der Waals surface area contributed by atoms with Gasteiger partial charge < -0.3 is 45.0 Å². The number of nitrogens with one attached hydrogen (secondary N) is 3. The molecule has 2 aromatic carbocycles. The molecule has 484 valence electrons. The highest BCUT2D eigenvalue weighted by Crippen LogP contribution is 2.47. The van der Waals surface area contributed by atoms with Crippen molar-refractivity contribution in [2.75, 3.05) is 21.1 Å². The first-order valence-electron chi connectivity index (χ1n) is 31.6. The second-order valence-corrected chi connectivity index (χ2v) is 25.0. The lowest BCUT2D eigenvalue weighted by Crippen LogP contribution is -2.38. The number of Topliss-reactive ketones (excluding diaryl/α,β-unsaturated/α-hetero) is 1. The highest BCUT2D eigenvalue weighted by atomic mass is 35.5. The number of halogens is 1. The molecule has 3 amide bonds. The van der Waals surface area contributed by atoms with Gasteiger partial charge in [0, 0.05) is 83.2 Å². The van der Waals surface area contributed by atoms with Crippen LogP contribution in [0.2, 0.25) is 5.02 Å². The summed E-state index contributed by atoms with van der Waals surface area (Å²) < 4.78 is 11.4. The Bertz CT molecular complexity index is 4510. The maximum Gasteiger partial charge on any atom is 0.275 e. The summed E-state index contributed by atoms with van der Waals surface area (Å²) in [6.45, 7) is 10.8. The molecular weight excluding hydrogens is 1190 g/mol. The number of aromatic nitrogens is 10. The van der Waals surface area contributed by atoms with Crippen LogP contribution in [0.5, 0.6) is 17.2 Å². The number of pyridine rings is 1. The van der Waals surface area contributed by atoms with Crippen LogP contribution < -0.4 is 32.2 Å². The maximum atomic E-state index is 12.3. The number of rotatable bonds is 13. The Hall–Kier alpha value is -9.38. The monoisotopic (exact) mass is 1270 g/mol. The fourth-order valence-electron chi connectivity index (χ4n) is 14.5. The molecule has 7 heterocycles. The van der Waals surface area contributed by atoms with Crippen molar-refractivity contribution < 1.29 is 34.5 Å². The maximum absolute atomic E-state index is 12.3. The summed E-state index contributed by atoms with van der Waals surface area (Å²) in [4.78, 5) is 89.6. The normalized spacial score (nSPS) is 15.8. The first kappa shape index (κ1) is 65.6. The number of amides is 3.